The Morgan fingerprint density at radius 3 is 2.59 bits per heavy atom. The molecule has 7 nitrogen and oxygen atoms in total. The van der Waals surface area contributed by atoms with Gasteiger partial charge in [-0.15, -0.1) is 0 Å². The molecule has 0 radical (unpaired) electrons. The number of carboxylic acids is 1. The molecule has 22 heavy (non-hydrogen) atoms. The summed E-state index contributed by atoms with van der Waals surface area (Å²) in [5.74, 6) is -0.985. The number of aryl methyl sites for hydroxylation is 1. The second-order valence-corrected chi connectivity index (χ2v) is 4.52. The summed E-state index contributed by atoms with van der Waals surface area (Å²) in [7, 11) is 0. The molecule has 0 aliphatic carbocycles. The lowest BCUT2D eigenvalue weighted by atomic mass is 10.1. The van der Waals surface area contributed by atoms with E-state index in [2.05, 4.69) is 10.5 Å². The SMILES string of the molecule is CCOC(=O)c1noc(C)c1CNc1ccc(C(=O)O)cc1. The van der Waals surface area contributed by atoms with Gasteiger partial charge in [0.25, 0.3) is 0 Å². The number of carbonyl (C=O) groups is 2. The molecule has 2 N–H and O–H groups in total. The van der Waals surface area contributed by atoms with Crippen LogP contribution in [-0.2, 0) is 11.3 Å². The molecule has 1 heterocycles. The predicted molar refractivity (Wildman–Crippen MR) is 77.9 cm³/mol. The van der Waals surface area contributed by atoms with E-state index >= 15 is 0 Å². The summed E-state index contributed by atoms with van der Waals surface area (Å²) in [5, 5.41) is 15.7. The van der Waals surface area contributed by atoms with E-state index in [1.807, 2.05) is 0 Å². The van der Waals surface area contributed by atoms with Crippen LogP contribution < -0.4 is 5.32 Å². The van der Waals surface area contributed by atoms with E-state index in [9.17, 15) is 9.59 Å². The van der Waals surface area contributed by atoms with Gasteiger partial charge < -0.3 is 19.7 Å². The molecule has 0 spiro atoms. The van der Waals surface area contributed by atoms with Crippen LogP contribution in [-0.4, -0.2) is 28.8 Å². The minimum Gasteiger partial charge on any atom is -0.478 e. The summed E-state index contributed by atoms with van der Waals surface area (Å²) < 4.78 is 9.96. The number of aromatic nitrogens is 1. The summed E-state index contributed by atoms with van der Waals surface area (Å²) in [6.45, 7) is 4.00. The van der Waals surface area contributed by atoms with Gasteiger partial charge in [-0.25, -0.2) is 9.59 Å². The largest absolute Gasteiger partial charge is 0.478 e. The first-order chi connectivity index (χ1) is 10.5. The number of rotatable bonds is 6. The smallest absolute Gasteiger partial charge is 0.360 e. The van der Waals surface area contributed by atoms with Crippen molar-refractivity contribution >= 4 is 17.6 Å². The number of benzene rings is 1. The highest BCUT2D eigenvalue weighted by Gasteiger charge is 2.20. The van der Waals surface area contributed by atoms with Gasteiger partial charge in [-0.05, 0) is 38.1 Å². The van der Waals surface area contributed by atoms with Gasteiger partial charge in [0.2, 0.25) is 0 Å². The van der Waals surface area contributed by atoms with Gasteiger partial charge in [0, 0.05) is 17.8 Å². The molecular formula is C15H16N2O5. The van der Waals surface area contributed by atoms with Crippen LogP contribution in [0.25, 0.3) is 0 Å². The Balaban J connectivity index is 2.09. The lowest BCUT2D eigenvalue weighted by molar-refractivity contribution is 0.0513. The Kier molecular flexibility index (Phi) is 4.77. The number of hydrogen-bond donors (Lipinski definition) is 2. The summed E-state index contributed by atoms with van der Waals surface area (Å²) in [4.78, 5) is 22.6. The Labute approximate surface area is 126 Å². The minimum absolute atomic E-state index is 0.147. The van der Waals surface area contributed by atoms with Gasteiger partial charge in [-0.2, -0.15) is 0 Å². The number of ether oxygens (including phenoxy) is 1. The van der Waals surface area contributed by atoms with Crippen molar-refractivity contribution in [1.29, 1.82) is 0 Å². The molecule has 0 bridgehead atoms. The molecule has 0 amide bonds. The molecule has 0 fully saturated rings. The molecule has 0 unspecified atom stereocenters. The minimum atomic E-state index is -0.981. The fourth-order valence-corrected chi connectivity index (χ4v) is 1.88. The first kappa shape index (κ1) is 15.6. The van der Waals surface area contributed by atoms with E-state index in [-0.39, 0.29) is 17.9 Å². The Morgan fingerprint density at radius 2 is 2.00 bits per heavy atom. The van der Waals surface area contributed by atoms with Crippen molar-refractivity contribution < 1.29 is 24.0 Å². The van der Waals surface area contributed by atoms with E-state index in [0.717, 1.165) is 5.69 Å². The summed E-state index contributed by atoms with van der Waals surface area (Å²) in [6.07, 6.45) is 0. The fourth-order valence-electron chi connectivity index (χ4n) is 1.88. The maximum absolute atomic E-state index is 11.8. The molecule has 0 aliphatic rings. The molecule has 1 aromatic heterocycles. The van der Waals surface area contributed by atoms with Crippen LogP contribution >= 0.6 is 0 Å². The van der Waals surface area contributed by atoms with Crippen LogP contribution in [0.5, 0.6) is 0 Å². The first-order valence-corrected chi connectivity index (χ1v) is 6.72. The monoisotopic (exact) mass is 304 g/mol. The standard InChI is InChI=1S/C15H16N2O5/c1-3-21-15(20)13-12(9(2)22-17-13)8-16-11-6-4-10(5-7-11)14(18)19/h4-7,16H,3,8H2,1-2H3,(H,18,19). The predicted octanol–water partition coefficient (Wildman–Crippen LogP) is 2.47. The van der Waals surface area contributed by atoms with E-state index in [0.29, 0.717) is 17.9 Å². The van der Waals surface area contributed by atoms with Crippen molar-refractivity contribution in [2.24, 2.45) is 0 Å². The van der Waals surface area contributed by atoms with Crippen LogP contribution in [0.1, 0.15) is 39.1 Å². The number of nitrogens with one attached hydrogen (secondary N) is 1. The van der Waals surface area contributed by atoms with Gasteiger partial charge in [-0.3, -0.25) is 0 Å². The van der Waals surface area contributed by atoms with Gasteiger partial charge in [0.15, 0.2) is 5.69 Å². The van der Waals surface area contributed by atoms with Crippen LogP contribution in [0.15, 0.2) is 28.8 Å². The lowest BCUT2D eigenvalue weighted by Gasteiger charge is -2.07. The third-order valence-corrected chi connectivity index (χ3v) is 3.05. The zero-order valence-electron chi connectivity index (χ0n) is 12.3. The maximum Gasteiger partial charge on any atom is 0.360 e. The van der Waals surface area contributed by atoms with Crippen LogP contribution in [0, 0.1) is 6.92 Å². The second kappa shape index (κ2) is 6.75. The van der Waals surface area contributed by atoms with Gasteiger partial charge in [0.1, 0.15) is 5.76 Å². The molecule has 116 valence electrons. The Morgan fingerprint density at radius 1 is 1.32 bits per heavy atom. The van der Waals surface area contributed by atoms with Crippen molar-refractivity contribution in [3.8, 4) is 0 Å². The van der Waals surface area contributed by atoms with Gasteiger partial charge in [-0.1, -0.05) is 5.16 Å². The van der Waals surface area contributed by atoms with Crippen LogP contribution in [0.2, 0.25) is 0 Å². The number of anilines is 1. The summed E-state index contributed by atoms with van der Waals surface area (Å²) in [5.41, 5.74) is 1.69. The molecule has 7 heteroatoms. The Hall–Kier alpha value is -2.83. The van der Waals surface area contributed by atoms with Crippen LogP contribution in [0.4, 0.5) is 5.69 Å². The molecule has 1 aromatic carbocycles. The number of esters is 1. The van der Waals surface area contributed by atoms with Crippen molar-refractivity contribution in [3.05, 3.63) is 46.8 Å². The van der Waals surface area contributed by atoms with Crippen molar-refractivity contribution in [1.82, 2.24) is 5.16 Å². The molecule has 0 aliphatic heterocycles. The molecule has 0 saturated carbocycles. The van der Waals surface area contributed by atoms with Crippen molar-refractivity contribution in [3.63, 3.8) is 0 Å². The molecule has 0 saturated heterocycles. The fraction of sp³-hybridized carbons (Fsp3) is 0.267. The maximum atomic E-state index is 11.8. The molecule has 2 rings (SSSR count). The third kappa shape index (κ3) is 3.43. The summed E-state index contributed by atoms with van der Waals surface area (Å²) >= 11 is 0. The number of hydrogen-bond acceptors (Lipinski definition) is 6. The first-order valence-electron chi connectivity index (χ1n) is 6.72. The summed E-state index contributed by atoms with van der Waals surface area (Å²) in [6, 6.07) is 6.29. The number of nitrogens with zero attached hydrogens (tertiary/aromatic N) is 1. The highest BCUT2D eigenvalue weighted by molar-refractivity contribution is 5.89. The third-order valence-electron chi connectivity index (χ3n) is 3.05. The van der Waals surface area contributed by atoms with E-state index < -0.39 is 11.9 Å². The molecule has 2 aromatic rings. The number of carbonyl (C=O) groups excluding carboxylic acids is 1. The van der Waals surface area contributed by atoms with E-state index in [4.69, 9.17) is 14.4 Å². The lowest BCUT2D eigenvalue weighted by Crippen LogP contribution is -2.10. The van der Waals surface area contributed by atoms with Crippen molar-refractivity contribution in [2.45, 2.75) is 20.4 Å². The number of carboxylic acid groups (broad SMARTS) is 1. The molecular weight excluding hydrogens is 288 g/mol. The van der Waals surface area contributed by atoms with Gasteiger partial charge in [0.05, 0.1) is 12.2 Å². The average Bonchev–Trinajstić information content (AvgIpc) is 2.87. The zero-order valence-corrected chi connectivity index (χ0v) is 12.3. The Bertz CT molecular complexity index is 676. The van der Waals surface area contributed by atoms with Gasteiger partial charge >= 0.3 is 11.9 Å². The molecule has 0 atom stereocenters. The average molecular weight is 304 g/mol. The second-order valence-electron chi connectivity index (χ2n) is 4.52. The van der Waals surface area contributed by atoms with E-state index in [1.54, 1.807) is 26.0 Å². The van der Waals surface area contributed by atoms with Crippen LogP contribution in [0.3, 0.4) is 0 Å². The van der Waals surface area contributed by atoms with E-state index in [1.165, 1.54) is 12.1 Å². The highest BCUT2D eigenvalue weighted by Crippen LogP contribution is 2.17. The zero-order chi connectivity index (χ0) is 16.1. The quantitative estimate of drug-likeness (QED) is 0.790. The van der Waals surface area contributed by atoms with Crippen molar-refractivity contribution in [2.75, 3.05) is 11.9 Å². The topological polar surface area (TPSA) is 102 Å². The highest BCUT2D eigenvalue weighted by atomic mass is 16.5. The number of aromatic carboxylic acids is 1. The normalized spacial score (nSPS) is 10.3.